The van der Waals surface area contributed by atoms with Gasteiger partial charge in [-0.3, -0.25) is 14.8 Å². The Morgan fingerprint density at radius 2 is 1.96 bits per heavy atom. The van der Waals surface area contributed by atoms with Gasteiger partial charge in [-0.25, -0.2) is 0 Å². The van der Waals surface area contributed by atoms with Gasteiger partial charge in [0.2, 0.25) is 0 Å². The maximum atomic E-state index is 12.8. The summed E-state index contributed by atoms with van der Waals surface area (Å²) in [5, 5.41) is 1.91. The van der Waals surface area contributed by atoms with Gasteiger partial charge in [0.25, 0.3) is 0 Å². The molecule has 3 heterocycles. The molecule has 1 aliphatic heterocycles. The second-order valence-electron chi connectivity index (χ2n) is 5.75. The minimum Gasteiger partial charge on any atom is -0.495 e. The number of carbonyl (C=O) groups is 1. The molecule has 0 spiro atoms. The van der Waals surface area contributed by atoms with E-state index in [1.54, 1.807) is 12.3 Å². The van der Waals surface area contributed by atoms with Crippen LogP contribution in [-0.4, -0.2) is 55.5 Å². The lowest BCUT2D eigenvalue weighted by Gasteiger charge is -2.29. The third-order valence-corrected chi connectivity index (χ3v) is 3.98. The summed E-state index contributed by atoms with van der Waals surface area (Å²) in [6, 6.07) is 3.05. The van der Waals surface area contributed by atoms with Gasteiger partial charge in [0, 0.05) is 24.8 Å². The van der Waals surface area contributed by atoms with Crippen molar-refractivity contribution in [3.05, 3.63) is 30.7 Å². The first-order valence-corrected chi connectivity index (χ1v) is 8.09. The number of hydrogen-bond acceptors (Lipinski definition) is 6. The van der Waals surface area contributed by atoms with Crippen LogP contribution >= 0.6 is 0 Å². The van der Waals surface area contributed by atoms with E-state index in [9.17, 15) is 18.0 Å². The predicted molar refractivity (Wildman–Crippen MR) is 91.7 cm³/mol. The summed E-state index contributed by atoms with van der Waals surface area (Å²) in [6.07, 6.45) is -0.579. The number of pyridine rings is 2. The van der Waals surface area contributed by atoms with Crippen molar-refractivity contribution in [2.45, 2.75) is 6.18 Å². The number of rotatable bonds is 4. The van der Waals surface area contributed by atoms with Crippen LogP contribution in [0.1, 0.15) is 0 Å². The smallest absolute Gasteiger partial charge is 0.471 e. The van der Waals surface area contributed by atoms with Crippen LogP contribution in [0, 0.1) is 0 Å². The molecule has 1 fully saturated rings. The van der Waals surface area contributed by atoms with Gasteiger partial charge < -0.3 is 19.7 Å². The molecule has 0 unspecified atom stereocenters. The van der Waals surface area contributed by atoms with Crippen LogP contribution in [0.3, 0.4) is 0 Å². The third kappa shape index (κ3) is 4.45. The van der Waals surface area contributed by atoms with Crippen molar-refractivity contribution in [1.29, 1.82) is 0 Å². The van der Waals surface area contributed by atoms with Crippen molar-refractivity contribution < 1.29 is 27.4 Å². The van der Waals surface area contributed by atoms with E-state index < -0.39 is 12.1 Å². The molecule has 1 amide bonds. The van der Waals surface area contributed by atoms with Gasteiger partial charge >= 0.3 is 12.1 Å². The molecular formula is C17H17F3N4O3. The fraction of sp³-hybridized carbons (Fsp3) is 0.353. The minimum atomic E-state index is -5.02. The van der Waals surface area contributed by atoms with Gasteiger partial charge in [0.15, 0.2) is 0 Å². The molecule has 144 valence electrons. The molecule has 0 aliphatic carbocycles. The molecule has 2 aromatic heterocycles. The lowest BCUT2D eigenvalue weighted by molar-refractivity contribution is -0.167. The molecule has 0 aromatic carbocycles. The van der Waals surface area contributed by atoms with Gasteiger partial charge in [0.1, 0.15) is 5.75 Å². The number of halogens is 3. The van der Waals surface area contributed by atoms with Crippen LogP contribution in [-0.2, 0) is 9.53 Å². The zero-order valence-corrected chi connectivity index (χ0v) is 14.4. The fourth-order valence-electron chi connectivity index (χ4n) is 2.63. The maximum absolute atomic E-state index is 12.8. The number of hydrogen-bond donors (Lipinski definition) is 1. The number of methoxy groups -OCH3 is 1. The van der Waals surface area contributed by atoms with Gasteiger partial charge in [0.05, 0.1) is 49.8 Å². The van der Waals surface area contributed by atoms with Crippen LogP contribution in [0.4, 0.5) is 24.5 Å². The summed E-state index contributed by atoms with van der Waals surface area (Å²) in [6.45, 7) is 2.17. The zero-order valence-electron chi connectivity index (χ0n) is 14.4. The molecule has 1 saturated heterocycles. The number of aromatic nitrogens is 2. The summed E-state index contributed by atoms with van der Waals surface area (Å²) in [7, 11) is 1.45. The lowest BCUT2D eigenvalue weighted by atomic mass is 10.1. The van der Waals surface area contributed by atoms with Crippen molar-refractivity contribution >= 4 is 17.3 Å². The highest BCUT2D eigenvalue weighted by atomic mass is 19.4. The van der Waals surface area contributed by atoms with Crippen molar-refractivity contribution in [3.63, 3.8) is 0 Å². The Balaban J connectivity index is 2.01. The first-order valence-electron chi connectivity index (χ1n) is 8.09. The average Bonchev–Trinajstić information content (AvgIpc) is 2.68. The fourth-order valence-corrected chi connectivity index (χ4v) is 2.63. The highest BCUT2D eigenvalue weighted by Crippen LogP contribution is 2.32. The number of alkyl halides is 3. The van der Waals surface area contributed by atoms with Crippen LogP contribution in [0.5, 0.6) is 5.75 Å². The Hall–Kier alpha value is -2.88. The standard InChI is InChI=1S/C17H17F3N4O3/c1-26-13-6-11(8-21-10-13)15-14(23-16(25)17(18,19)20)7-12(9-22-15)24-2-4-27-5-3-24/h6-10H,2-5H2,1H3,(H,23,25). The number of nitrogens with one attached hydrogen (secondary N) is 1. The number of ether oxygens (including phenoxy) is 2. The number of carbonyl (C=O) groups excluding carboxylic acids is 1. The number of morpholine rings is 1. The Morgan fingerprint density at radius 3 is 2.63 bits per heavy atom. The van der Waals surface area contributed by atoms with Crippen molar-refractivity contribution in [2.75, 3.05) is 43.6 Å². The molecule has 27 heavy (non-hydrogen) atoms. The quantitative estimate of drug-likeness (QED) is 0.876. The van der Waals surface area contributed by atoms with Gasteiger partial charge in [-0.15, -0.1) is 0 Å². The zero-order chi connectivity index (χ0) is 19.4. The van der Waals surface area contributed by atoms with E-state index in [0.717, 1.165) is 0 Å². The number of amides is 1. The van der Waals surface area contributed by atoms with Crippen LogP contribution in [0.25, 0.3) is 11.3 Å². The minimum absolute atomic E-state index is 0.0589. The summed E-state index contributed by atoms with van der Waals surface area (Å²) in [4.78, 5) is 21.7. The van der Waals surface area contributed by atoms with Crippen LogP contribution in [0.2, 0.25) is 0 Å². The SMILES string of the molecule is COc1cncc(-c2ncc(N3CCOCC3)cc2NC(=O)C(F)(F)F)c1. The first-order chi connectivity index (χ1) is 12.9. The Morgan fingerprint density at radius 1 is 1.22 bits per heavy atom. The van der Waals surface area contributed by atoms with Gasteiger partial charge in [-0.2, -0.15) is 13.2 Å². The molecule has 1 aliphatic rings. The molecule has 0 radical (unpaired) electrons. The van der Waals surface area contributed by atoms with E-state index in [-0.39, 0.29) is 11.4 Å². The van der Waals surface area contributed by atoms with Crippen molar-refractivity contribution in [2.24, 2.45) is 0 Å². The maximum Gasteiger partial charge on any atom is 0.471 e. The van der Waals surface area contributed by atoms with Crippen LogP contribution in [0.15, 0.2) is 30.7 Å². The normalized spacial score (nSPS) is 14.7. The molecule has 3 rings (SSSR count). The number of anilines is 2. The van der Waals surface area contributed by atoms with Gasteiger partial charge in [-0.1, -0.05) is 0 Å². The Bertz CT molecular complexity index is 823. The number of nitrogens with zero attached hydrogens (tertiary/aromatic N) is 3. The average molecular weight is 382 g/mol. The van der Waals surface area contributed by atoms with Crippen LogP contribution < -0.4 is 15.0 Å². The van der Waals surface area contributed by atoms with Crippen molar-refractivity contribution in [3.8, 4) is 17.0 Å². The van der Waals surface area contributed by atoms with E-state index in [1.165, 1.54) is 25.6 Å². The largest absolute Gasteiger partial charge is 0.495 e. The van der Waals surface area contributed by atoms with Gasteiger partial charge in [-0.05, 0) is 12.1 Å². The summed E-state index contributed by atoms with van der Waals surface area (Å²) >= 11 is 0. The topological polar surface area (TPSA) is 76.6 Å². The molecule has 2 aromatic rings. The highest BCUT2D eigenvalue weighted by Gasteiger charge is 2.39. The Labute approximate surface area is 153 Å². The summed E-state index contributed by atoms with van der Waals surface area (Å²) in [5.74, 6) is -1.65. The predicted octanol–water partition coefficient (Wildman–Crippen LogP) is 2.49. The molecule has 7 nitrogen and oxygen atoms in total. The van der Waals surface area contributed by atoms with E-state index in [1.807, 2.05) is 10.2 Å². The molecule has 0 atom stereocenters. The molecule has 1 N–H and O–H groups in total. The van der Waals surface area contributed by atoms with E-state index in [0.29, 0.717) is 43.3 Å². The molecule has 0 saturated carbocycles. The second-order valence-corrected chi connectivity index (χ2v) is 5.75. The second kappa shape index (κ2) is 7.78. The summed E-state index contributed by atoms with van der Waals surface area (Å²) in [5.41, 5.74) is 1.11. The molecule has 0 bridgehead atoms. The summed E-state index contributed by atoms with van der Waals surface area (Å²) < 4.78 is 48.6. The van der Waals surface area contributed by atoms with E-state index >= 15 is 0 Å². The first kappa shape index (κ1) is 18.9. The molecular weight excluding hydrogens is 365 g/mol. The highest BCUT2D eigenvalue weighted by molar-refractivity contribution is 5.98. The Kier molecular flexibility index (Phi) is 5.45. The van der Waals surface area contributed by atoms with Crippen molar-refractivity contribution in [1.82, 2.24) is 9.97 Å². The lowest BCUT2D eigenvalue weighted by Crippen LogP contribution is -2.36. The molecule has 10 heteroatoms. The monoisotopic (exact) mass is 382 g/mol. The van der Waals surface area contributed by atoms with E-state index in [2.05, 4.69) is 9.97 Å². The third-order valence-electron chi connectivity index (χ3n) is 3.98. The van der Waals surface area contributed by atoms with E-state index in [4.69, 9.17) is 9.47 Å².